The van der Waals surface area contributed by atoms with Gasteiger partial charge in [0.25, 0.3) is 0 Å². The maximum Gasteiger partial charge on any atom is 0.144 e. The van der Waals surface area contributed by atoms with Crippen molar-refractivity contribution in [2.45, 2.75) is 0 Å². The van der Waals surface area contributed by atoms with Crippen LogP contribution in [0.2, 0.25) is 0 Å². The van der Waals surface area contributed by atoms with E-state index in [9.17, 15) is 0 Å². The van der Waals surface area contributed by atoms with E-state index in [4.69, 9.17) is 15.6 Å². The fourth-order valence-electron chi connectivity index (χ4n) is 1.91. The molecule has 106 valence electrons. The fourth-order valence-corrected chi connectivity index (χ4v) is 2.45. The van der Waals surface area contributed by atoms with Crippen molar-refractivity contribution in [2.24, 2.45) is 0 Å². The van der Waals surface area contributed by atoms with E-state index >= 15 is 0 Å². The normalized spacial score (nSPS) is 10.3. The number of anilines is 2. The first-order valence-electron chi connectivity index (χ1n) is 6.10. The van der Waals surface area contributed by atoms with Crippen LogP contribution in [-0.4, -0.2) is 30.4 Å². The number of nitrogens with two attached hydrogens (primary N) is 1. The molecule has 5 nitrogen and oxygen atoms in total. The van der Waals surface area contributed by atoms with Gasteiger partial charge in [-0.1, -0.05) is 6.07 Å². The predicted molar refractivity (Wildman–Crippen MR) is 83.9 cm³/mol. The second kappa shape index (κ2) is 6.58. The number of halogens is 1. The van der Waals surface area contributed by atoms with E-state index in [2.05, 4.69) is 26.2 Å². The summed E-state index contributed by atoms with van der Waals surface area (Å²) in [7, 11) is 1.58. The Kier molecular flexibility index (Phi) is 4.81. The zero-order chi connectivity index (χ0) is 14.5. The predicted octanol–water partition coefficient (Wildman–Crippen LogP) is 2.51. The molecule has 4 N–H and O–H groups in total. The van der Waals surface area contributed by atoms with Gasteiger partial charge in [-0.3, -0.25) is 4.98 Å². The summed E-state index contributed by atoms with van der Waals surface area (Å²) in [6.07, 6.45) is 3.48. The molecule has 0 aliphatic rings. The van der Waals surface area contributed by atoms with Crippen LogP contribution in [0.3, 0.4) is 0 Å². The van der Waals surface area contributed by atoms with Gasteiger partial charge in [-0.25, -0.2) is 0 Å². The molecule has 0 unspecified atom stereocenters. The van der Waals surface area contributed by atoms with Crippen molar-refractivity contribution in [3.05, 3.63) is 35.1 Å². The quantitative estimate of drug-likeness (QED) is 0.730. The average Bonchev–Trinajstić information content (AvgIpc) is 2.49. The minimum Gasteiger partial charge on any atom is -0.494 e. The lowest BCUT2D eigenvalue weighted by molar-refractivity contribution is 0.311. The molecular formula is C14H16BrN3O2. The molecule has 1 aromatic heterocycles. The Morgan fingerprint density at radius 3 is 2.90 bits per heavy atom. The molecule has 0 aliphatic heterocycles. The Morgan fingerprint density at radius 1 is 1.50 bits per heavy atom. The highest BCUT2D eigenvalue weighted by atomic mass is 79.9. The van der Waals surface area contributed by atoms with Gasteiger partial charge in [0.1, 0.15) is 11.4 Å². The van der Waals surface area contributed by atoms with Gasteiger partial charge >= 0.3 is 0 Å². The molecule has 0 radical (unpaired) electrons. The Labute approximate surface area is 125 Å². The number of ether oxygens (including phenoxy) is 1. The van der Waals surface area contributed by atoms with Crippen LogP contribution in [0, 0.1) is 0 Å². The molecule has 0 aliphatic carbocycles. The summed E-state index contributed by atoms with van der Waals surface area (Å²) in [6, 6.07) is 5.70. The van der Waals surface area contributed by atoms with Crippen molar-refractivity contribution in [3.63, 3.8) is 0 Å². The van der Waals surface area contributed by atoms with Crippen LogP contribution >= 0.6 is 15.9 Å². The number of hydrogen-bond donors (Lipinski definition) is 3. The topological polar surface area (TPSA) is 80.4 Å². The number of rotatable bonds is 5. The van der Waals surface area contributed by atoms with Crippen molar-refractivity contribution in [2.75, 3.05) is 31.3 Å². The van der Waals surface area contributed by atoms with Crippen molar-refractivity contribution in [1.29, 1.82) is 0 Å². The maximum atomic E-state index is 8.92. The van der Waals surface area contributed by atoms with Crippen LogP contribution in [0.15, 0.2) is 35.1 Å². The highest BCUT2D eigenvalue weighted by Gasteiger charge is 2.16. The summed E-state index contributed by atoms with van der Waals surface area (Å²) in [5.74, 6) is 0.623. The largest absolute Gasteiger partial charge is 0.494 e. The number of aromatic nitrogens is 1. The van der Waals surface area contributed by atoms with Crippen molar-refractivity contribution >= 4 is 27.3 Å². The molecule has 0 atom stereocenters. The van der Waals surface area contributed by atoms with Crippen LogP contribution < -0.4 is 15.8 Å². The van der Waals surface area contributed by atoms with E-state index in [-0.39, 0.29) is 6.61 Å². The lowest BCUT2D eigenvalue weighted by Gasteiger charge is -2.17. The molecule has 0 saturated carbocycles. The number of nitrogens with zero attached hydrogens (tertiary/aromatic N) is 1. The highest BCUT2D eigenvalue weighted by Crippen LogP contribution is 2.43. The molecule has 2 aromatic rings. The van der Waals surface area contributed by atoms with Crippen LogP contribution in [0.25, 0.3) is 11.1 Å². The van der Waals surface area contributed by atoms with Gasteiger partial charge in [-0.2, -0.15) is 0 Å². The van der Waals surface area contributed by atoms with Gasteiger partial charge in [0, 0.05) is 30.1 Å². The molecule has 1 aromatic carbocycles. The van der Waals surface area contributed by atoms with Gasteiger partial charge in [-0.05, 0) is 28.1 Å². The smallest absolute Gasteiger partial charge is 0.144 e. The van der Waals surface area contributed by atoms with E-state index in [1.54, 1.807) is 19.5 Å². The molecule has 1 heterocycles. The van der Waals surface area contributed by atoms with Gasteiger partial charge in [0.15, 0.2) is 0 Å². The fraction of sp³-hybridized carbons (Fsp3) is 0.214. The number of nitrogens with one attached hydrogen (secondary N) is 1. The SMILES string of the molecule is COc1cc(-c2cccnc2)c(Br)c(N)c1NCCO. The molecule has 20 heavy (non-hydrogen) atoms. The van der Waals surface area contributed by atoms with Gasteiger partial charge in [0.05, 0.1) is 23.9 Å². The first kappa shape index (κ1) is 14.6. The average molecular weight is 338 g/mol. The molecule has 2 rings (SSSR count). The number of benzene rings is 1. The Balaban J connectivity index is 2.54. The van der Waals surface area contributed by atoms with E-state index in [1.165, 1.54) is 0 Å². The van der Waals surface area contributed by atoms with Crippen molar-refractivity contribution < 1.29 is 9.84 Å². The van der Waals surface area contributed by atoms with Crippen LogP contribution in [0.4, 0.5) is 11.4 Å². The Bertz CT molecular complexity index is 591. The minimum atomic E-state index is 0.0184. The summed E-state index contributed by atoms with van der Waals surface area (Å²) in [4.78, 5) is 4.11. The summed E-state index contributed by atoms with van der Waals surface area (Å²) >= 11 is 3.51. The number of aliphatic hydroxyl groups is 1. The van der Waals surface area contributed by atoms with Crippen LogP contribution in [0.5, 0.6) is 5.75 Å². The Hall–Kier alpha value is -1.79. The highest BCUT2D eigenvalue weighted by molar-refractivity contribution is 9.10. The van der Waals surface area contributed by atoms with Gasteiger partial charge in [-0.15, -0.1) is 0 Å². The third-order valence-corrected chi connectivity index (χ3v) is 3.72. The third-order valence-electron chi connectivity index (χ3n) is 2.87. The van der Waals surface area contributed by atoms with E-state index in [0.717, 1.165) is 15.6 Å². The molecule has 0 fully saturated rings. The summed E-state index contributed by atoms with van der Waals surface area (Å²) in [5.41, 5.74) is 9.20. The summed E-state index contributed by atoms with van der Waals surface area (Å²) in [6.45, 7) is 0.420. The number of aliphatic hydroxyl groups excluding tert-OH is 1. The van der Waals surface area contributed by atoms with Gasteiger partial charge in [0.2, 0.25) is 0 Å². The standard InChI is InChI=1S/C14H16BrN3O2/c1-20-11-7-10(9-3-2-4-17-8-9)12(15)13(16)14(11)18-5-6-19/h2-4,7-8,18-19H,5-6,16H2,1H3. The first-order valence-corrected chi connectivity index (χ1v) is 6.89. The molecule has 0 amide bonds. The number of hydrogen-bond acceptors (Lipinski definition) is 5. The summed E-state index contributed by atoms with van der Waals surface area (Å²) < 4.78 is 6.15. The van der Waals surface area contributed by atoms with Crippen LogP contribution in [-0.2, 0) is 0 Å². The van der Waals surface area contributed by atoms with Crippen LogP contribution in [0.1, 0.15) is 0 Å². The van der Waals surface area contributed by atoms with Crippen molar-refractivity contribution in [3.8, 4) is 16.9 Å². The second-order valence-corrected chi connectivity index (χ2v) is 4.91. The first-order chi connectivity index (χ1) is 9.69. The summed E-state index contributed by atoms with van der Waals surface area (Å²) in [5, 5.41) is 12.0. The molecule has 0 bridgehead atoms. The molecule has 0 spiro atoms. The van der Waals surface area contributed by atoms with E-state index in [1.807, 2.05) is 18.2 Å². The zero-order valence-corrected chi connectivity index (χ0v) is 12.6. The molecule has 6 heteroatoms. The lowest BCUT2D eigenvalue weighted by atomic mass is 10.1. The number of methoxy groups -OCH3 is 1. The Morgan fingerprint density at radius 2 is 2.30 bits per heavy atom. The van der Waals surface area contributed by atoms with Gasteiger partial charge < -0.3 is 20.9 Å². The third kappa shape index (κ3) is 2.86. The monoisotopic (exact) mass is 337 g/mol. The lowest BCUT2D eigenvalue weighted by Crippen LogP contribution is -2.09. The van der Waals surface area contributed by atoms with E-state index < -0.39 is 0 Å². The maximum absolute atomic E-state index is 8.92. The second-order valence-electron chi connectivity index (χ2n) is 4.12. The number of nitrogen functional groups attached to an aromatic ring is 1. The zero-order valence-electron chi connectivity index (χ0n) is 11.1. The van der Waals surface area contributed by atoms with Crippen molar-refractivity contribution in [1.82, 2.24) is 4.98 Å². The molecular weight excluding hydrogens is 322 g/mol. The number of pyridine rings is 1. The molecule has 0 saturated heterocycles. The minimum absolute atomic E-state index is 0.0184. The van der Waals surface area contributed by atoms with E-state index in [0.29, 0.717) is 23.7 Å².